The number of aromatic nitrogens is 4. The molecule has 4 nitrogen and oxygen atoms in total. The molecule has 0 saturated carbocycles. The molecule has 0 bridgehead atoms. The van der Waals surface area contributed by atoms with Gasteiger partial charge in [-0.2, -0.15) is 0 Å². The van der Waals surface area contributed by atoms with Crippen LogP contribution in [0.3, 0.4) is 0 Å². The van der Waals surface area contributed by atoms with E-state index in [1.165, 1.54) is 33.4 Å². The third-order valence-corrected chi connectivity index (χ3v) is 6.67. The van der Waals surface area contributed by atoms with Gasteiger partial charge >= 0.3 is 0 Å². The molecule has 0 amide bonds. The van der Waals surface area contributed by atoms with Gasteiger partial charge < -0.3 is 4.57 Å². The Bertz CT molecular complexity index is 1400. The van der Waals surface area contributed by atoms with Crippen LogP contribution < -0.4 is 0 Å². The van der Waals surface area contributed by atoms with Crippen LogP contribution in [0, 0.1) is 34.6 Å². The van der Waals surface area contributed by atoms with Crippen LogP contribution >= 0.6 is 0 Å². The van der Waals surface area contributed by atoms with Crippen molar-refractivity contribution in [3.63, 3.8) is 0 Å². The summed E-state index contributed by atoms with van der Waals surface area (Å²) in [7, 11) is 0. The second kappa shape index (κ2) is 6.38. The van der Waals surface area contributed by atoms with Gasteiger partial charge in [-0.15, -0.1) is 0 Å². The summed E-state index contributed by atoms with van der Waals surface area (Å²) < 4.78 is 2.27. The van der Waals surface area contributed by atoms with Crippen LogP contribution in [0.1, 0.15) is 33.4 Å². The fourth-order valence-electron chi connectivity index (χ4n) is 4.54. The van der Waals surface area contributed by atoms with Gasteiger partial charge in [0.1, 0.15) is 0 Å². The Morgan fingerprint density at radius 2 is 1.21 bits per heavy atom. The third-order valence-electron chi connectivity index (χ3n) is 6.67. The first-order valence-corrected chi connectivity index (χ1v) is 10.0. The van der Waals surface area contributed by atoms with E-state index in [-0.39, 0.29) is 0 Å². The summed E-state index contributed by atoms with van der Waals surface area (Å²) in [5.74, 6) is 0. The highest BCUT2D eigenvalue weighted by atomic mass is 15.0. The summed E-state index contributed by atoms with van der Waals surface area (Å²) in [5, 5.41) is 2.15. The predicted molar refractivity (Wildman–Crippen MR) is 120 cm³/mol. The van der Waals surface area contributed by atoms with Crippen LogP contribution in [-0.2, 0) is 6.54 Å². The minimum atomic E-state index is 0.798. The average Bonchev–Trinajstić information content (AvgIpc) is 3.18. The molecule has 0 atom stereocenters. The summed E-state index contributed by atoms with van der Waals surface area (Å²) in [6, 6.07) is 8.18. The Kier molecular flexibility index (Phi) is 3.91. The first kappa shape index (κ1) is 17.8. The molecule has 3 heterocycles. The Hall–Kier alpha value is -3.27. The lowest BCUT2D eigenvalue weighted by atomic mass is 9.89. The molecule has 0 N–H and O–H groups in total. The summed E-state index contributed by atoms with van der Waals surface area (Å²) >= 11 is 0. The molecule has 0 saturated heterocycles. The largest absolute Gasteiger partial charge is 0.325 e. The monoisotopic (exact) mass is 380 g/mol. The molecule has 29 heavy (non-hydrogen) atoms. The second-order valence-electron chi connectivity index (χ2n) is 7.97. The number of fused-ring (bicyclic) bond motifs is 6. The highest BCUT2D eigenvalue weighted by molar-refractivity contribution is 6.20. The van der Waals surface area contributed by atoms with Gasteiger partial charge in [0.15, 0.2) is 0 Å². The summed E-state index contributed by atoms with van der Waals surface area (Å²) in [6.45, 7) is 12.0. The van der Waals surface area contributed by atoms with E-state index in [9.17, 15) is 0 Å². The topological polar surface area (TPSA) is 43.6 Å². The predicted octanol–water partition coefficient (Wildman–Crippen LogP) is 5.72. The molecule has 0 spiro atoms. The van der Waals surface area contributed by atoms with E-state index in [0.717, 1.165) is 39.4 Å². The van der Waals surface area contributed by atoms with Gasteiger partial charge in [-0.25, -0.2) is 4.98 Å². The van der Waals surface area contributed by atoms with Gasteiger partial charge in [0.05, 0.1) is 28.4 Å². The first-order valence-electron chi connectivity index (χ1n) is 10.0. The standard InChI is InChI=1S/C25H24N4/c1-14-15(2)17(4)21(18(5)16(14)3)12-29-13-28-24-19-8-6-10-26-22(19)23-20(25(24)29)9-7-11-27-23/h6-11,13H,12H2,1-5H3. The van der Waals surface area contributed by atoms with Crippen molar-refractivity contribution in [2.45, 2.75) is 41.2 Å². The minimum Gasteiger partial charge on any atom is -0.325 e. The van der Waals surface area contributed by atoms with Crippen molar-refractivity contribution >= 4 is 32.8 Å². The van der Waals surface area contributed by atoms with E-state index in [4.69, 9.17) is 4.98 Å². The van der Waals surface area contributed by atoms with E-state index in [1.807, 2.05) is 30.9 Å². The van der Waals surface area contributed by atoms with Crippen molar-refractivity contribution in [3.8, 4) is 0 Å². The van der Waals surface area contributed by atoms with Gasteiger partial charge in [0, 0.05) is 29.7 Å². The molecule has 0 aliphatic rings. The first-order chi connectivity index (χ1) is 14.0. The SMILES string of the molecule is Cc1c(C)c(C)c(Cn2cnc3c4cccnc4c4ncccc4c32)c(C)c1C. The third kappa shape index (κ3) is 2.48. The number of nitrogens with zero attached hydrogens (tertiary/aromatic N) is 4. The molecule has 0 aliphatic heterocycles. The summed E-state index contributed by atoms with van der Waals surface area (Å²) in [5.41, 5.74) is 12.3. The maximum absolute atomic E-state index is 4.81. The van der Waals surface area contributed by atoms with E-state index in [0.29, 0.717) is 0 Å². The fraction of sp³-hybridized carbons (Fsp3) is 0.240. The number of pyridine rings is 2. The van der Waals surface area contributed by atoms with Crippen LogP contribution in [-0.4, -0.2) is 19.5 Å². The van der Waals surface area contributed by atoms with Crippen molar-refractivity contribution in [1.82, 2.24) is 19.5 Å². The molecular formula is C25H24N4. The van der Waals surface area contributed by atoms with E-state index < -0.39 is 0 Å². The molecule has 0 radical (unpaired) electrons. The smallest absolute Gasteiger partial charge is 0.0987 e. The zero-order valence-electron chi connectivity index (χ0n) is 17.5. The molecule has 0 unspecified atom stereocenters. The molecule has 2 aromatic carbocycles. The maximum atomic E-state index is 4.81. The molecule has 144 valence electrons. The molecular weight excluding hydrogens is 356 g/mol. The van der Waals surface area contributed by atoms with Gasteiger partial charge in [0.2, 0.25) is 0 Å². The Morgan fingerprint density at radius 3 is 1.86 bits per heavy atom. The van der Waals surface area contributed by atoms with Crippen molar-refractivity contribution in [2.75, 3.05) is 0 Å². The van der Waals surface area contributed by atoms with Gasteiger partial charge in [0.25, 0.3) is 0 Å². The zero-order valence-corrected chi connectivity index (χ0v) is 17.5. The summed E-state index contributed by atoms with van der Waals surface area (Å²) in [6.07, 6.45) is 5.63. The van der Waals surface area contributed by atoms with Crippen LogP contribution in [0.5, 0.6) is 0 Å². The van der Waals surface area contributed by atoms with Crippen molar-refractivity contribution < 1.29 is 0 Å². The number of imidazole rings is 1. The summed E-state index contributed by atoms with van der Waals surface area (Å²) in [4.78, 5) is 14.1. The van der Waals surface area contributed by atoms with Crippen LogP contribution in [0.15, 0.2) is 43.0 Å². The average molecular weight is 380 g/mol. The molecule has 5 rings (SSSR count). The van der Waals surface area contributed by atoms with Crippen molar-refractivity contribution in [2.24, 2.45) is 0 Å². The Balaban J connectivity index is 1.83. The van der Waals surface area contributed by atoms with Crippen LogP contribution in [0.4, 0.5) is 0 Å². The van der Waals surface area contributed by atoms with Crippen LogP contribution in [0.25, 0.3) is 32.8 Å². The quantitative estimate of drug-likeness (QED) is 0.368. The van der Waals surface area contributed by atoms with Gasteiger partial charge in [-0.05, 0) is 92.3 Å². The lowest BCUT2D eigenvalue weighted by molar-refractivity contribution is 0.809. The number of benzene rings is 2. The van der Waals surface area contributed by atoms with Gasteiger partial charge in [-0.3, -0.25) is 9.97 Å². The number of rotatable bonds is 2. The molecule has 5 aromatic rings. The van der Waals surface area contributed by atoms with Crippen molar-refractivity contribution in [3.05, 3.63) is 76.4 Å². The molecule has 0 aliphatic carbocycles. The lowest BCUT2D eigenvalue weighted by Crippen LogP contribution is -2.07. The lowest BCUT2D eigenvalue weighted by Gasteiger charge is -2.19. The fourth-order valence-corrected chi connectivity index (χ4v) is 4.54. The molecule has 4 heteroatoms. The Morgan fingerprint density at radius 1 is 0.655 bits per heavy atom. The van der Waals surface area contributed by atoms with E-state index in [2.05, 4.69) is 61.3 Å². The minimum absolute atomic E-state index is 0.798. The second-order valence-corrected chi connectivity index (χ2v) is 7.97. The number of hydrogen-bond acceptors (Lipinski definition) is 3. The normalized spacial score (nSPS) is 11.8. The highest BCUT2D eigenvalue weighted by Crippen LogP contribution is 2.33. The molecule has 0 fully saturated rings. The number of hydrogen-bond donors (Lipinski definition) is 0. The van der Waals surface area contributed by atoms with Crippen LogP contribution in [0.2, 0.25) is 0 Å². The van der Waals surface area contributed by atoms with E-state index in [1.54, 1.807) is 0 Å². The zero-order chi connectivity index (χ0) is 20.3. The molecule has 3 aromatic heterocycles. The van der Waals surface area contributed by atoms with Gasteiger partial charge in [-0.1, -0.05) is 0 Å². The highest BCUT2D eigenvalue weighted by Gasteiger charge is 2.17. The Labute approximate surface area is 170 Å². The maximum Gasteiger partial charge on any atom is 0.0987 e. The van der Waals surface area contributed by atoms with Crippen molar-refractivity contribution in [1.29, 1.82) is 0 Å². The van der Waals surface area contributed by atoms with E-state index >= 15 is 0 Å².